The molecule has 0 unspecified atom stereocenters. The van der Waals surface area contributed by atoms with Gasteiger partial charge in [-0.2, -0.15) is 0 Å². The number of carbonyl (C=O) groups is 1. The number of carboxylic acids is 1. The average molecular weight is 559 g/mol. The Kier molecular flexibility index (Phi) is 6.56. The number of halogens is 2. The molecule has 0 saturated heterocycles. The minimum Gasteiger partial charge on any atom is -0.481 e. The first-order valence-electron chi connectivity index (χ1n) is 13.1. The van der Waals surface area contributed by atoms with Crippen molar-refractivity contribution in [3.05, 3.63) is 99.9 Å². The lowest BCUT2D eigenvalue weighted by Crippen LogP contribution is -2.24. The van der Waals surface area contributed by atoms with E-state index in [0.29, 0.717) is 70.5 Å². The fourth-order valence-corrected chi connectivity index (χ4v) is 4.93. The molecule has 6 rings (SSSR count). The number of fused-ring (bicyclic) bond motifs is 2. The predicted molar refractivity (Wildman–Crippen MR) is 146 cm³/mol. The van der Waals surface area contributed by atoms with E-state index >= 15 is 0 Å². The van der Waals surface area contributed by atoms with Gasteiger partial charge in [-0.05, 0) is 68.3 Å². The number of hydrogen-bond donors (Lipinski definition) is 1. The molecule has 0 aliphatic carbocycles. The summed E-state index contributed by atoms with van der Waals surface area (Å²) in [6.07, 6.45) is 1.58. The Morgan fingerprint density at radius 1 is 1.00 bits per heavy atom. The SMILES string of the molecule is C[C@]1(c2nc3cc(F)ccc3o2)CC(c2ccc3c(=O)n(-c4ccc(F)cc4)c(CCCCC(=O)O)nc3c2)=NO1. The number of carboxylic acid groups (broad SMARTS) is 1. The van der Waals surface area contributed by atoms with E-state index in [9.17, 15) is 18.4 Å². The van der Waals surface area contributed by atoms with Crippen LogP contribution >= 0.6 is 0 Å². The summed E-state index contributed by atoms with van der Waals surface area (Å²) < 4.78 is 34.5. The summed E-state index contributed by atoms with van der Waals surface area (Å²) in [5.74, 6) is -1.05. The molecule has 0 bridgehead atoms. The number of hydrogen-bond acceptors (Lipinski definition) is 7. The zero-order chi connectivity index (χ0) is 28.7. The number of oxime groups is 1. The van der Waals surface area contributed by atoms with Crippen molar-refractivity contribution in [3.8, 4) is 5.69 Å². The molecule has 3 aromatic carbocycles. The normalized spacial score (nSPS) is 16.7. The van der Waals surface area contributed by atoms with E-state index in [2.05, 4.69) is 10.1 Å². The van der Waals surface area contributed by atoms with Gasteiger partial charge >= 0.3 is 5.97 Å². The summed E-state index contributed by atoms with van der Waals surface area (Å²) in [6.45, 7) is 1.78. The molecule has 3 heterocycles. The zero-order valence-corrected chi connectivity index (χ0v) is 21.9. The molecular formula is C30H24F2N4O5. The van der Waals surface area contributed by atoms with Gasteiger partial charge in [-0.15, -0.1) is 0 Å². The van der Waals surface area contributed by atoms with Crippen molar-refractivity contribution in [2.45, 2.75) is 44.6 Å². The number of benzene rings is 3. The highest BCUT2D eigenvalue weighted by Gasteiger charge is 2.41. The molecule has 41 heavy (non-hydrogen) atoms. The third kappa shape index (κ3) is 5.06. The monoisotopic (exact) mass is 558 g/mol. The number of oxazole rings is 1. The minimum atomic E-state index is -1.02. The van der Waals surface area contributed by atoms with Gasteiger partial charge in [0.25, 0.3) is 5.56 Å². The number of nitrogens with zero attached hydrogens (tertiary/aromatic N) is 4. The molecule has 0 amide bonds. The van der Waals surface area contributed by atoms with Crippen LogP contribution in [0.3, 0.4) is 0 Å². The molecule has 0 saturated carbocycles. The Labute approximate surface area is 231 Å². The summed E-state index contributed by atoms with van der Waals surface area (Å²) in [7, 11) is 0. The van der Waals surface area contributed by atoms with Crippen molar-refractivity contribution in [1.29, 1.82) is 0 Å². The zero-order valence-electron chi connectivity index (χ0n) is 21.9. The standard InChI is InChI=1S/C30H24F2N4O5/c1-30(29-34-23-15-19(32)9-13-25(23)40-29)16-24(35-41-30)17-6-12-21-22(14-17)33-26(4-2-3-5-27(37)38)36(28(21)39)20-10-7-18(31)8-11-20/h6-15H,2-5,16H2,1H3,(H,37,38)/t30-/m1/s1. The van der Waals surface area contributed by atoms with Crippen LogP contribution in [0, 0.1) is 11.6 Å². The Balaban J connectivity index is 1.34. The highest BCUT2D eigenvalue weighted by molar-refractivity contribution is 6.03. The molecule has 1 aliphatic rings. The Morgan fingerprint density at radius 2 is 1.78 bits per heavy atom. The molecule has 0 fully saturated rings. The van der Waals surface area contributed by atoms with Gasteiger partial charge < -0.3 is 14.4 Å². The van der Waals surface area contributed by atoms with Gasteiger partial charge in [0.15, 0.2) is 5.58 Å². The summed E-state index contributed by atoms with van der Waals surface area (Å²) in [6, 6.07) is 14.8. The lowest BCUT2D eigenvalue weighted by molar-refractivity contribution is -0.137. The molecule has 1 aliphatic heterocycles. The molecule has 9 nitrogen and oxygen atoms in total. The molecule has 1 atom stereocenters. The van der Waals surface area contributed by atoms with Crippen LogP contribution in [0.15, 0.2) is 75.0 Å². The second-order valence-corrected chi connectivity index (χ2v) is 10.1. The highest BCUT2D eigenvalue weighted by Crippen LogP contribution is 2.37. The van der Waals surface area contributed by atoms with Crippen molar-refractivity contribution < 1.29 is 27.9 Å². The van der Waals surface area contributed by atoms with Crippen LogP contribution in [-0.4, -0.2) is 31.3 Å². The summed E-state index contributed by atoms with van der Waals surface area (Å²) in [5.41, 5.74) is 1.65. The van der Waals surface area contributed by atoms with Crippen LogP contribution in [0.2, 0.25) is 0 Å². The number of rotatable bonds is 8. The third-order valence-corrected chi connectivity index (χ3v) is 7.06. The molecule has 2 aromatic heterocycles. The van der Waals surface area contributed by atoms with E-state index in [1.165, 1.54) is 47.0 Å². The average Bonchev–Trinajstić information content (AvgIpc) is 3.56. The van der Waals surface area contributed by atoms with E-state index in [-0.39, 0.29) is 17.9 Å². The molecule has 1 N–H and O–H groups in total. The van der Waals surface area contributed by atoms with E-state index in [4.69, 9.17) is 19.3 Å². The Bertz CT molecular complexity index is 1900. The topological polar surface area (TPSA) is 120 Å². The van der Waals surface area contributed by atoms with Crippen molar-refractivity contribution >= 4 is 33.7 Å². The number of aliphatic carboxylic acids is 1. The highest BCUT2D eigenvalue weighted by atomic mass is 19.1. The predicted octanol–water partition coefficient (Wildman–Crippen LogP) is 5.64. The second-order valence-electron chi connectivity index (χ2n) is 10.1. The number of aryl methyl sites for hydroxylation is 1. The van der Waals surface area contributed by atoms with Crippen LogP contribution in [0.25, 0.3) is 27.7 Å². The van der Waals surface area contributed by atoms with Crippen molar-refractivity contribution in [2.24, 2.45) is 5.16 Å². The molecular weight excluding hydrogens is 534 g/mol. The van der Waals surface area contributed by atoms with E-state index in [1.807, 2.05) is 0 Å². The molecule has 11 heteroatoms. The molecule has 0 spiro atoms. The van der Waals surface area contributed by atoms with Gasteiger partial charge in [-0.25, -0.2) is 18.7 Å². The van der Waals surface area contributed by atoms with Crippen molar-refractivity contribution in [3.63, 3.8) is 0 Å². The smallest absolute Gasteiger partial charge is 0.303 e. The van der Waals surface area contributed by atoms with Gasteiger partial charge in [0.1, 0.15) is 23.0 Å². The van der Waals surface area contributed by atoms with E-state index in [0.717, 1.165) is 0 Å². The molecule has 5 aromatic rings. The maximum atomic E-state index is 13.6. The third-order valence-electron chi connectivity index (χ3n) is 7.06. The van der Waals surface area contributed by atoms with Crippen LogP contribution in [0.4, 0.5) is 8.78 Å². The second kappa shape index (κ2) is 10.2. The quantitative estimate of drug-likeness (QED) is 0.245. The fourth-order valence-electron chi connectivity index (χ4n) is 4.93. The molecule has 0 radical (unpaired) electrons. The van der Waals surface area contributed by atoms with Gasteiger partial charge in [0, 0.05) is 30.9 Å². The molecule has 208 valence electrons. The van der Waals surface area contributed by atoms with Gasteiger partial charge in [-0.1, -0.05) is 11.2 Å². The maximum absolute atomic E-state index is 13.6. The van der Waals surface area contributed by atoms with Crippen LogP contribution in [0.5, 0.6) is 0 Å². The van der Waals surface area contributed by atoms with E-state index in [1.54, 1.807) is 25.1 Å². The maximum Gasteiger partial charge on any atom is 0.303 e. The summed E-state index contributed by atoms with van der Waals surface area (Å²) >= 11 is 0. The van der Waals surface area contributed by atoms with Gasteiger partial charge in [0.05, 0.1) is 22.3 Å². The minimum absolute atomic E-state index is 0.00608. The fraction of sp³-hybridized carbons (Fsp3) is 0.233. The first kappa shape index (κ1) is 26.3. The first-order chi connectivity index (χ1) is 19.7. The Hall–Kier alpha value is -4.93. The van der Waals surface area contributed by atoms with Crippen LogP contribution in [-0.2, 0) is 21.7 Å². The number of aromatic nitrogens is 3. The van der Waals surface area contributed by atoms with Crippen LogP contribution in [0.1, 0.15) is 49.9 Å². The largest absolute Gasteiger partial charge is 0.481 e. The summed E-state index contributed by atoms with van der Waals surface area (Å²) in [5, 5.41) is 13.6. The van der Waals surface area contributed by atoms with Crippen LogP contribution < -0.4 is 5.56 Å². The lowest BCUT2D eigenvalue weighted by Gasteiger charge is -2.16. The Morgan fingerprint density at radius 3 is 2.56 bits per heavy atom. The van der Waals surface area contributed by atoms with Crippen molar-refractivity contribution in [2.75, 3.05) is 0 Å². The lowest BCUT2D eigenvalue weighted by atomic mass is 9.95. The van der Waals surface area contributed by atoms with E-state index < -0.39 is 23.2 Å². The van der Waals surface area contributed by atoms with Gasteiger partial charge in [-0.3, -0.25) is 14.2 Å². The number of unbranched alkanes of at least 4 members (excludes halogenated alkanes) is 1. The van der Waals surface area contributed by atoms with Gasteiger partial charge in [0.2, 0.25) is 11.5 Å². The summed E-state index contributed by atoms with van der Waals surface area (Å²) in [4.78, 5) is 39.5. The first-order valence-corrected chi connectivity index (χ1v) is 13.1. The van der Waals surface area contributed by atoms with Crippen molar-refractivity contribution in [1.82, 2.24) is 14.5 Å².